The topological polar surface area (TPSA) is 35.9 Å². The van der Waals surface area contributed by atoms with Crippen molar-refractivity contribution in [1.29, 1.82) is 0 Å². The molecule has 4 nitrogen and oxygen atoms in total. The summed E-state index contributed by atoms with van der Waals surface area (Å²) in [6, 6.07) is 66.6. The lowest BCUT2D eigenvalue weighted by Gasteiger charge is -2.11. The number of imidazole rings is 1. The third-order valence-electron chi connectivity index (χ3n) is 10.5. The minimum Gasteiger partial charge on any atom is -0.456 e. The highest BCUT2D eigenvalue weighted by atomic mass is 16.3. The zero-order chi connectivity index (χ0) is 34.9. The molecule has 0 aliphatic heterocycles. The average molecular weight is 678 g/mol. The number of rotatable bonds is 5. The number of benzene rings is 8. The number of fused-ring (bicyclic) bond motifs is 7. The van der Waals surface area contributed by atoms with Gasteiger partial charge in [-0.05, 0) is 76.9 Å². The second-order valence-electron chi connectivity index (χ2n) is 13.6. The molecule has 0 saturated heterocycles. The van der Waals surface area contributed by atoms with Crippen LogP contribution in [0.15, 0.2) is 192 Å². The maximum atomic E-state index is 6.64. The van der Waals surface area contributed by atoms with Gasteiger partial charge < -0.3 is 8.98 Å². The van der Waals surface area contributed by atoms with E-state index in [9.17, 15) is 0 Å². The van der Waals surface area contributed by atoms with Crippen molar-refractivity contribution in [2.45, 2.75) is 0 Å². The van der Waals surface area contributed by atoms with Crippen LogP contribution in [0.3, 0.4) is 0 Å². The van der Waals surface area contributed by atoms with Gasteiger partial charge in [0.25, 0.3) is 0 Å². The molecule has 0 radical (unpaired) electrons. The Labute approximate surface area is 305 Å². The fraction of sp³-hybridized carbons (Fsp3) is 0. The number of furan rings is 1. The molecular weight excluding hydrogens is 647 g/mol. The van der Waals surface area contributed by atoms with Crippen LogP contribution in [-0.2, 0) is 0 Å². The van der Waals surface area contributed by atoms with Gasteiger partial charge in [-0.3, -0.25) is 4.57 Å². The van der Waals surface area contributed by atoms with Gasteiger partial charge >= 0.3 is 0 Å². The standard InChI is InChI=1S/C49H31N3O/c1-3-12-32(13-4-1)35-26-28-40-39-16-7-9-19-43(39)51(45(40)30-35)37-27-29-41-47(31-37)53-46-21-11-17-38(48(41)46)33-22-24-34(25-23-33)49-50-42-18-8-10-20-44(42)52(49)36-14-5-2-6-15-36/h1-31H. The Morgan fingerprint density at radius 2 is 1.06 bits per heavy atom. The minimum atomic E-state index is 0.864. The third kappa shape index (κ3) is 4.66. The molecule has 0 bridgehead atoms. The summed E-state index contributed by atoms with van der Waals surface area (Å²) in [7, 11) is 0. The highest BCUT2D eigenvalue weighted by molar-refractivity contribution is 6.14. The van der Waals surface area contributed by atoms with E-state index in [0.717, 1.165) is 66.9 Å². The molecule has 0 amide bonds. The zero-order valence-corrected chi connectivity index (χ0v) is 28.6. The molecular formula is C49H31N3O. The Hall–Kier alpha value is -7.17. The molecule has 3 aromatic heterocycles. The summed E-state index contributed by atoms with van der Waals surface area (Å²) in [5.74, 6) is 0.921. The van der Waals surface area contributed by atoms with Gasteiger partial charge in [-0.15, -0.1) is 0 Å². The van der Waals surface area contributed by atoms with Crippen LogP contribution in [0, 0.1) is 0 Å². The fourth-order valence-electron chi connectivity index (χ4n) is 8.11. The van der Waals surface area contributed by atoms with E-state index in [-0.39, 0.29) is 0 Å². The van der Waals surface area contributed by atoms with Crippen LogP contribution in [0.5, 0.6) is 0 Å². The van der Waals surface area contributed by atoms with Crippen molar-refractivity contribution in [3.05, 3.63) is 188 Å². The molecule has 248 valence electrons. The normalized spacial score (nSPS) is 11.8. The Morgan fingerprint density at radius 3 is 1.91 bits per heavy atom. The van der Waals surface area contributed by atoms with Crippen molar-refractivity contribution in [2.24, 2.45) is 0 Å². The first kappa shape index (κ1) is 29.5. The van der Waals surface area contributed by atoms with Crippen molar-refractivity contribution in [3.63, 3.8) is 0 Å². The van der Waals surface area contributed by atoms with Crippen molar-refractivity contribution in [2.75, 3.05) is 0 Å². The summed E-state index contributed by atoms with van der Waals surface area (Å²) in [5.41, 5.74) is 14.0. The first-order valence-corrected chi connectivity index (χ1v) is 18.0. The molecule has 0 aliphatic rings. The second kappa shape index (κ2) is 11.7. The first-order valence-electron chi connectivity index (χ1n) is 18.0. The highest BCUT2D eigenvalue weighted by Crippen LogP contribution is 2.40. The minimum absolute atomic E-state index is 0.864. The summed E-state index contributed by atoms with van der Waals surface area (Å²) in [6.07, 6.45) is 0. The SMILES string of the molecule is c1ccc(-c2ccc3c4ccccc4n(-c4ccc5c(c4)oc4cccc(-c6ccc(-c7nc8ccccc8n7-c7ccccc7)cc6)c45)c3c2)cc1. The molecule has 11 rings (SSSR count). The predicted molar refractivity (Wildman–Crippen MR) is 219 cm³/mol. The number of aromatic nitrogens is 3. The van der Waals surface area contributed by atoms with Crippen LogP contribution < -0.4 is 0 Å². The molecule has 4 heteroatoms. The molecule has 0 N–H and O–H groups in total. The third-order valence-corrected chi connectivity index (χ3v) is 10.5. The van der Waals surface area contributed by atoms with Crippen molar-refractivity contribution in [1.82, 2.24) is 14.1 Å². The van der Waals surface area contributed by atoms with Gasteiger partial charge in [0.1, 0.15) is 17.0 Å². The number of nitrogens with zero attached hydrogens (tertiary/aromatic N) is 3. The largest absolute Gasteiger partial charge is 0.456 e. The molecule has 0 unspecified atom stereocenters. The van der Waals surface area contributed by atoms with Crippen LogP contribution in [-0.4, -0.2) is 14.1 Å². The summed E-state index contributed by atoms with van der Waals surface area (Å²) < 4.78 is 11.2. The first-order chi connectivity index (χ1) is 26.3. The molecule has 53 heavy (non-hydrogen) atoms. The van der Waals surface area contributed by atoms with E-state index in [2.05, 4.69) is 185 Å². The molecule has 0 atom stereocenters. The Bertz CT molecular complexity index is 3150. The zero-order valence-electron chi connectivity index (χ0n) is 28.6. The van der Waals surface area contributed by atoms with E-state index in [1.807, 2.05) is 12.1 Å². The second-order valence-corrected chi connectivity index (χ2v) is 13.6. The van der Waals surface area contributed by atoms with Gasteiger partial charge in [0.05, 0.1) is 22.1 Å². The van der Waals surface area contributed by atoms with Crippen LogP contribution in [0.4, 0.5) is 0 Å². The Balaban J connectivity index is 1.03. The van der Waals surface area contributed by atoms with Crippen LogP contribution in [0.2, 0.25) is 0 Å². The van der Waals surface area contributed by atoms with E-state index >= 15 is 0 Å². The van der Waals surface area contributed by atoms with Crippen molar-refractivity contribution in [3.8, 4) is 45.0 Å². The summed E-state index contributed by atoms with van der Waals surface area (Å²) in [4.78, 5) is 5.08. The lowest BCUT2D eigenvalue weighted by molar-refractivity contribution is 0.668. The maximum Gasteiger partial charge on any atom is 0.145 e. The fourth-order valence-corrected chi connectivity index (χ4v) is 8.11. The number of hydrogen-bond acceptors (Lipinski definition) is 2. The number of para-hydroxylation sites is 4. The van der Waals surface area contributed by atoms with E-state index in [0.29, 0.717) is 0 Å². The molecule has 0 saturated carbocycles. The van der Waals surface area contributed by atoms with Crippen molar-refractivity contribution < 1.29 is 4.42 Å². The molecule has 0 aliphatic carbocycles. The molecule has 0 fully saturated rings. The van der Waals surface area contributed by atoms with E-state index in [1.54, 1.807) is 0 Å². The smallest absolute Gasteiger partial charge is 0.145 e. The molecule has 8 aromatic carbocycles. The lowest BCUT2D eigenvalue weighted by Crippen LogP contribution is -1.97. The molecule has 3 heterocycles. The maximum absolute atomic E-state index is 6.64. The van der Waals surface area contributed by atoms with Gasteiger partial charge in [-0.2, -0.15) is 0 Å². The van der Waals surface area contributed by atoms with Crippen LogP contribution >= 0.6 is 0 Å². The quantitative estimate of drug-likeness (QED) is 0.182. The lowest BCUT2D eigenvalue weighted by atomic mass is 9.98. The average Bonchev–Trinajstić information content (AvgIpc) is 3.91. The Morgan fingerprint density at radius 1 is 0.377 bits per heavy atom. The summed E-state index contributed by atoms with van der Waals surface area (Å²) in [5, 5.41) is 4.68. The van der Waals surface area contributed by atoms with Gasteiger partial charge in [-0.1, -0.05) is 127 Å². The predicted octanol–water partition coefficient (Wildman–Crippen LogP) is 13.0. The van der Waals surface area contributed by atoms with E-state index < -0.39 is 0 Å². The van der Waals surface area contributed by atoms with Crippen LogP contribution in [0.25, 0.3) is 99.8 Å². The number of hydrogen-bond donors (Lipinski definition) is 0. The highest BCUT2D eigenvalue weighted by Gasteiger charge is 2.18. The van der Waals surface area contributed by atoms with Crippen LogP contribution in [0.1, 0.15) is 0 Å². The van der Waals surface area contributed by atoms with Gasteiger partial charge in [0.15, 0.2) is 0 Å². The van der Waals surface area contributed by atoms with E-state index in [1.165, 1.54) is 32.9 Å². The Kier molecular flexibility index (Phi) is 6.52. The summed E-state index contributed by atoms with van der Waals surface area (Å²) >= 11 is 0. The summed E-state index contributed by atoms with van der Waals surface area (Å²) in [6.45, 7) is 0. The van der Waals surface area contributed by atoms with E-state index in [4.69, 9.17) is 9.40 Å². The van der Waals surface area contributed by atoms with Gasteiger partial charge in [0, 0.05) is 44.5 Å². The van der Waals surface area contributed by atoms with Gasteiger partial charge in [-0.25, -0.2) is 4.98 Å². The molecule has 11 aromatic rings. The monoisotopic (exact) mass is 677 g/mol. The van der Waals surface area contributed by atoms with Crippen molar-refractivity contribution >= 4 is 54.8 Å². The van der Waals surface area contributed by atoms with Gasteiger partial charge in [0.2, 0.25) is 0 Å². The molecule has 0 spiro atoms.